The highest BCUT2D eigenvalue weighted by atomic mass is 19.4. The molecule has 1 nitrogen and oxygen atoms in total. The molecule has 0 unspecified atom stereocenters. The molecule has 30 heavy (non-hydrogen) atoms. The van der Waals surface area contributed by atoms with E-state index in [0.717, 1.165) is 11.1 Å². The van der Waals surface area contributed by atoms with Crippen LogP contribution in [0.1, 0.15) is 22.3 Å². The Bertz CT molecular complexity index is 1200. The number of alkyl halides is 3. The third kappa shape index (κ3) is 2.88. The summed E-state index contributed by atoms with van der Waals surface area (Å²) in [5, 5.41) is 1.15. The summed E-state index contributed by atoms with van der Waals surface area (Å²) in [7, 11) is 0. The van der Waals surface area contributed by atoms with Crippen LogP contribution in [0.25, 0.3) is 16.8 Å². The molecule has 0 spiro atoms. The maximum atomic E-state index is 13.9. The first-order valence-corrected chi connectivity index (χ1v) is 9.61. The summed E-state index contributed by atoms with van der Waals surface area (Å²) in [6.45, 7) is 0. The molecule has 0 saturated carbocycles. The molecule has 4 heteroatoms. The number of ether oxygens (including phenoxy) is 1. The largest absolute Gasteiger partial charge is 0.472 e. The topological polar surface area (TPSA) is 9.23 Å². The molecule has 0 aliphatic carbocycles. The van der Waals surface area contributed by atoms with Gasteiger partial charge in [0.2, 0.25) is 0 Å². The van der Waals surface area contributed by atoms with Crippen molar-refractivity contribution < 1.29 is 17.9 Å². The van der Waals surface area contributed by atoms with Crippen LogP contribution in [0.5, 0.6) is 5.75 Å². The second-order valence-corrected chi connectivity index (χ2v) is 7.29. The van der Waals surface area contributed by atoms with E-state index >= 15 is 0 Å². The zero-order valence-electron chi connectivity index (χ0n) is 15.9. The van der Waals surface area contributed by atoms with Crippen LogP contribution in [-0.4, -0.2) is 0 Å². The number of hydrogen-bond donors (Lipinski definition) is 0. The Labute approximate surface area is 172 Å². The van der Waals surface area contributed by atoms with Gasteiger partial charge in [0.1, 0.15) is 5.75 Å². The summed E-state index contributed by atoms with van der Waals surface area (Å²) < 4.78 is 48.1. The average molecular weight is 402 g/mol. The highest BCUT2D eigenvalue weighted by Gasteiger charge is 2.41. The molecule has 0 saturated heterocycles. The predicted octanol–water partition coefficient (Wildman–Crippen LogP) is 7.21. The molecule has 0 fully saturated rings. The van der Waals surface area contributed by atoms with Crippen LogP contribution in [0, 0.1) is 0 Å². The van der Waals surface area contributed by atoms with Crippen molar-refractivity contribution in [1.29, 1.82) is 0 Å². The van der Waals surface area contributed by atoms with E-state index in [9.17, 15) is 13.2 Å². The minimum Gasteiger partial charge on any atom is -0.472 e. The molecule has 0 atom stereocenters. The van der Waals surface area contributed by atoms with Crippen molar-refractivity contribution in [1.82, 2.24) is 0 Å². The number of hydrogen-bond acceptors (Lipinski definition) is 1. The van der Waals surface area contributed by atoms with Crippen molar-refractivity contribution in [3.8, 4) is 5.75 Å². The monoisotopic (exact) mass is 402 g/mol. The van der Waals surface area contributed by atoms with Crippen LogP contribution in [0.2, 0.25) is 0 Å². The number of rotatable bonds is 2. The molecule has 1 heterocycles. The lowest BCUT2D eigenvalue weighted by Gasteiger charge is -2.37. The van der Waals surface area contributed by atoms with E-state index in [1.165, 1.54) is 6.07 Å². The van der Waals surface area contributed by atoms with Gasteiger partial charge in [-0.05, 0) is 23.6 Å². The fraction of sp³-hybridized carbons (Fsp3) is 0.0769. The Kier molecular flexibility index (Phi) is 4.17. The smallest absolute Gasteiger partial charge is 0.417 e. The molecular weight excluding hydrogens is 385 g/mol. The predicted molar refractivity (Wildman–Crippen MR) is 112 cm³/mol. The Hall–Kier alpha value is -3.53. The van der Waals surface area contributed by atoms with E-state index in [-0.39, 0.29) is 11.3 Å². The zero-order chi connectivity index (χ0) is 20.8. The molecule has 1 aliphatic heterocycles. The Morgan fingerprint density at radius 3 is 1.87 bits per heavy atom. The average Bonchev–Trinajstić information content (AvgIpc) is 2.78. The fourth-order valence-electron chi connectivity index (χ4n) is 4.08. The van der Waals surface area contributed by atoms with Gasteiger partial charge in [-0.1, -0.05) is 84.9 Å². The van der Waals surface area contributed by atoms with Crippen molar-refractivity contribution in [2.45, 2.75) is 11.8 Å². The van der Waals surface area contributed by atoms with E-state index < -0.39 is 17.3 Å². The highest BCUT2D eigenvalue weighted by molar-refractivity contribution is 5.94. The van der Waals surface area contributed by atoms with E-state index in [4.69, 9.17) is 4.74 Å². The van der Waals surface area contributed by atoms with Crippen molar-refractivity contribution in [3.63, 3.8) is 0 Å². The molecule has 148 valence electrons. The lowest BCUT2D eigenvalue weighted by molar-refractivity contribution is -0.137. The van der Waals surface area contributed by atoms with Crippen molar-refractivity contribution >= 4 is 16.8 Å². The standard InChI is InChI=1S/C26H17F3O/c27-26(28,29)23-17-18-9-7-8-14-21(18)24-22(23)15-16-25(30-24,19-10-3-1-4-11-19)20-12-5-2-6-13-20/h1-17H. The molecule has 4 aromatic rings. The van der Waals surface area contributed by atoms with Gasteiger partial charge in [0, 0.05) is 22.1 Å². The first kappa shape index (κ1) is 18.5. The molecule has 0 bridgehead atoms. The van der Waals surface area contributed by atoms with Gasteiger partial charge in [-0.3, -0.25) is 0 Å². The molecule has 0 radical (unpaired) electrons. The first-order valence-electron chi connectivity index (χ1n) is 9.61. The van der Waals surface area contributed by atoms with Crippen LogP contribution in [-0.2, 0) is 11.8 Å². The fourth-order valence-corrected chi connectivity index (χ4v) is 4.08. The lowest BCUT2D eigenvalue weighted by Crippen LogP contribution is -2.34. The Balaban J connectivity index is 1.83. The van der Waals surface area contributed by atoms with Crippen LogP contribution in [0.3, 0.4) is 0 Å². The van der Waals surface area contributed by atoms with Crippen molar-refractivity contribution in [2.24, 2.45) is 0 Å². The van der Waals surface area contributed by atoms with Crippen LogP contribution < -0.4 is 4.74 Å². The summed E-state index contributed by atoms with van der Waals surface area (Å²) in [4.78, 5) is 0. The van der Waals surface area contributed by atoms with Crippen LogP contribution in [0.4, 0.5) is 13.2 Å². The van der Waals surface area contributed by atoms with E-state index in [1.807, 2.05) is 66.7 Å². The van der Waals surface area contributed by atoms with Gasteiger partial charge in [0.05, 0.1) is 5.56 Å². The maximum absolute atomic E-state index is 13.9. The quantitative estimate of drug-likeness (QED) is 0.344. The van der Waals surface area contributed by atoms with Gasteiger partial charge in [0.15, 0.2) is 5.60 Å². The number of benzene rings is 4. The summed E-state index contributed by atoms with van der Waals surface area (Å²) >= 11 is 0. The molecule has 0 amide bonds. The number of fused-ring (bicyclic) bond motifs is 3. The van der Waals surface area contributed by atoms with E-state index in [0.29, 0.717) is 10.8 Å². The molecular formula is C26H17F3O. The SMILES string of the molecule is FC(F)(F)c1cc2ccccc2c2c1C=CC(c1ccccc1)(c1ccccc1)O2. The third-order valence-electron chi connectivity index (χ3n) is 5.50. The van der Waals surface area contributed by atoms with Gasteiger partial charge >= 0.3 is 6.18 Å². The second-order valence-electron chi connectivity index (χ2n) is 7.29. The Morgan fingerprint density at radius 2 is 1.27 bits per heavy atom. The van der Waals surface area contributed by atoms with Gasteiger partial charge in [0.25, 0.3) is 0 Å². The zero-order valence-corrected chi connectivity index (χ0v) is 15.9. The second kappa shape index (κ2) is 6.77. The van der Waals surface area contributed by atoms with Gasteiger partial charge in [-0.2, -0.15) is 13.2 Å². The molecule has 0 N–H and O–H groups in total. The summed E-state index contributed by atoms with van der Waals surface area (Å²) in [5.74, 6) is 0.246. The van der Waals surface area contributed by atoms with E-state index in [1.54, 1.807) is 30.4 Å². The van der Waals surface area contributed by atoms with Crippen molar-refractivity contribution in [2.75, 3.05) is 0 Å². The van der Waals surface area contributed by atoms with Gasteiger partial charge in [-0.15, -0.1) is 0 Å². The van der Waals surface area contributed by atoms with E-state index in [2.05, 4.69) is 0 Å². The third-order valence-corrected chi connectivity index (χ3v) is 5.50. The molecule has 4 aromatic carbocycles. The summed E-state index contributed by atoms with van der Waals surface area (Å²) in [6, 6.07) is 27.3. The lowest BCUT2D eigenvalue weighted by atomic mass is 9.82. The summed E-state index contributed by atoms with van der Waals surface area (Å²) in [5.41, 5.74) is 0.0349. The maximum Gasteiger partial charge on any atom is 0.417 e. The van der Waals surface area contributed by atoms with Gasteiger partial charge in [-0.25, -0.2) is 0 Å². The molecule has 1 aliphatic rings. The van der Waals surface area contributed by atoms with Crippen molar-refractivity contribution in [3.05, 3.63) is 119 Å². The summed E-state index contributed by atoms with van der Waals surface area (Å²) in [6.07, 6.45) is -1.21. The minimum absolute atomic E-state index is 0.0590. The van der Waals surface area contributed by atoms with Gasteiger partial charge < -0.3 is 4.74 Å². The van der Waals surface area contributed by atoms with Crippen LogP contribution >= 0.6 is 0 Å². The molecule has 0 aromatic heterocycles. The molecule has 5 rings (SSSR count). The normalized spacial score (nSPS) is 14.9. The number of halogens is 3. The highest BCUT2D eigenvalue weighted by Crippen LogP contribution is 2.48. The van der Waals surface area contributed by atoms with Crippen LogP contribution in [0.15, 0.2) is 97.1 Å². The Morgan fingerprint density at radius 1 is 0.700 bits per heavy atom. The minimum atomic E-state index is -4.48. The first-order chi connectivity index (χ1) is 14.5.